The van der Waals surface area contributed by atoms with E-state index in [1.165, 1.54) is 31.4 Å². The minimum absolute atomic E-state index is 0.0711. The van der Waals surface area contributed by atoms with E-state index in [4.69, 9.17) is 9.97 Å². The minimum Gasteiger partial charge on any atom is -0.353 e. The van der Waals surface area contributed by atoms with E-state index < -0.39 is 4.92 Å². The third-order valence-electron chi connectivity index (χ3n) is 5.29. The molecule has 0 aliphatic carbocycles. The van der Waals surface area contributed by atoms with Crippen molar-refractivity contribution in [2.24, 2.45) is 0 Å². The molecule has 1 saturated heterocycles. The molecule has 3 aromatic rings. The number of aromatic nitrogens is 2. The summed E-state index contributed by atoms with van der Waals surface area (Å²) >= 11 is 0. The number of anilines is 1. The first-order valence-electron chi connectivity index (χ1n) is 9.45. The number of hydrogen-bond acceptors (Lipinski definition) is 5. The van der Waals surface area contributed by atoms with E-state index in [9.17, 15) is 10.1 Å². The van der Waals surface area contributed by atoms with Crippen molar-refractivity contribution < 1.29 is 4.92 Å². The Morgan fingerprint density at radius 3 is 2.63 bits per heavy atom. The van der Waals surface area contributed by atoms with Crippen LogP contribution in [0, 0.1) is 10.1 Å². The van der Waals surface area contributed by atoms with Gasteiger partial charge in [0.05, 0.1) is 10.4 Å². The van der Waals surface area contributed by atoms with Gasteiger partial charge in [-0.05, 0) is 49.9 Å². The number of rotatable bonds is 4. The summed E-state index contributed by atoms with van der Waals surface area (Å²) in [5, 5.41) is 12.0. The Balaban J connectivity index is 1.84. The van der Waals surface area contributed by atoms with E-state index >= 15 is 0 Å². The number of hydrogen-bond donors (Lipinski definition) is 0. The summed E-state index contributed by atoms with van der Waals surface area (Å²) in [7, 11) is 0. The fourth-order valence-electron chi connectivity index (χ4n) is 3.84. The number of non-ortho nitro benzene ring substituents is 1. The maximum Gasteiger partial charge on any atom is 0.269 e. The van der Waals surface area contributed by atoms with Gasteiger partial charge in [-0.3, -0.25) is 10.1 Å². The lowest BCUT2D eigenvalue weighted by Crippen LogP contribution is -2.39. The average molecular weight is 362 g/mol. The summed E-state index contributed by atoms with van der Waals surface area (Å²) in [5.74, 6) is 1.58. The molecule has 2 aromatic carbocycles. The molecule has 1 atom stereocenters. The van der Waals surface area contributed by atoms with E-state index in [0.717, 1.165) is 35.2 Å². The molecule has 6 heteroatoms. The number of para-hydroxylation sites is 1. The Labute approximate surface area is 158 Å². The van der Waals surface area contributed by atoms with Crippen molar-refractivity contribution in [2.75, 3.05) is 11.4 Å². The molecular weight excluding hydrogens is 340 g/mol. The van der Waals surface area contributed by atoms with Crippen molar-refractivity contribution in [1.82, 2.24) is 9.97 Å². The van der Waals surface area contributed by atoms with Gasteiger partial charge in [-0.1, -0.05) is 19.1 Å². The van der Waals surface area contributed by atoms with Gasteiger partial charge >= 0.3 is 0 Å². The standard InChI is InChI=1S/C21H22N4O2/c1-2-16-7-5-6-14-24(16)21-18-8-3-4-9-19(18)22-20(23-21)15-10-12-17(13-11-15)25(26)27/h3-4,8-13,16H,2,5-7,14H2,1H3. The monoisotopic (exact) mass is 362 g/mol. The van der Waals surface area contributed by atoms with Gasteiger partial charge < -0.3 is 4.90 Å². The third-order valence-corrected chi connectivity index (χ3v) is 5.29. The number of nitro groups is 1. The fourth-order valence-corrected chi connectivity index (χ4v) is 3.84. The summed E-state index contributed by atoms with van der Waals surface area (Å²) in [6, 6.07) is 15.0. The summed E-state index contributed by atoms with van der Waals surface area (Å²) < 4.78 is 0. The molecule has 138 valence electrons. The first-order chi connectivity index (χ1) is 13.2. The van der Waals surface area contributed by atoms with Crippen molar-refractivity contribution in [3.05, 3.63) is 58.6 Å². The highest BCUT2D eigenvalue weighted by Crippen LogP contribution is 2.32. The number of nitro benzene ring substituents is 1. The Morgan fingerprint density at radius 1 is 1.11 bits per heavy atom. The molecule has 1 aromatic heterocycles. The second-order valence-electron chi connectivity index (χ2n) is 6.94. The first-order valence-corrected chi connectivity index (χ1v) is 9.45. The largest absolute Gasteiger partial charge is 0.353 e. The van der Waals surface area contributed by atoms with Crippen LogP contribution in [0.15, 0.2) is 48.5 Å². The van der Waals surface area contributed by atoms with Crippen molar-refractivity contribution >= 4 is 22.4 Å². The summed E-state index contributed by atoms with van der Waals surface area (Å²) in [5.41, 5.74) is 1.76. The van der Waals surface area contributed by atoms with Gasteiger partial charge in [-0.15, -0.1) is 0 Å². The molecule has 0 amide bonds. The molecule has 2 heterocycles. The molecule has 1 fully saturated rings. The molecule has 0 spiro atoms. The third kappa shape index (κ3) is 3.35. The van der Waals surface area contributed by atoms with Crippen molar-refractivity contribution in [1.29, 1.82) is 0 Å². The van der Waals surface area contributed by atoms with Crippen molar-refractivity contribution in [3.8, 4) is 11.4 Å². The second kappa shape index (κ2) is 7.31. The van der Waals surface area contributed by atoms with Crippen molar-refractivity contribution in [3.63, 3.8) is 0 Å². The van der Waals surface area contributed by atoms with Crippen LogP contribution in [-0.4, -0.2) is 27.5 Å². The number of piperidine rings is 1. The minimum atomic E-state index is -0.393. The fraction of sp³-hybridized carbons (Fsp3) is 0.333. The summed E-state index contributed by atoms with van der Waals surface area (Å²) in [4.78, 5) is 22.6. The van der Waals surface area contributed by atoms with Crippen molar-refractivity contribution in [2.45, 2.75) is 38.6 Å². The van der Waals surface area contributed by atoms with Crippen LogP contribution in [0.3, 0.4) is 0 Å². The maximum absolute atomic E-state index is 10.9. The Morgan fingerprint density at radius 2 is 1.89 bits per heavy atom. The predicted molar refractivity (Wildman–Crippen MR) is 107 cm³/mol. The van der Waals surface area contributed by atoms with Gasteiger partial charge in [-0.25, -0.2) is 9.97 Å². The van der Waals surface area contributed by atoms with Crippen LogP contribution in [0.1, 0.15) is 32.6 Å². The zero-order chi connectivity index (χ0) is 18.8. The SMILES string of the molecule is CCC1CCCCN1c1nc(-c2ccc([N+](=O)[O-])cc2)nc2ccccc12. The molecule has 1 unspecified atom stereocenters. The summed E-state index contributed by atoms with van der Waals surface area (Å²) in [6.07, 6.45) is 4.70. The van der Waals surface area contributed by atoms with E-state index in [-0.39, 0.29) is 5.69 Å². The molecular formula is C21H22N4O2. The van der Waals surface area contributed by atoms with Crippen LogP contribution in [0.2, 0.25) is 0 Å². The van der Waals surface area contributed by atoms with Crippen LogP contribution in [0.5, 0.6) is 0 Å². The molecule has 0 N–H and O–H groups in total. The van der Waals surface area contributed by atoms with Crippen LogP contribution < -0.4 is 4.90 Å². The molecule has 4 rings (SSSR count). The van der Waals surface area contributed by atoms with Crippen LogP contribution in [0.25, 0.3) is 22.3 Å². The highest BCUT2D eigenvalue weighted by Gasteiger charge is 2.24. The maximum atomic E-state index is 10.9. The Hall–Kier alpha value is -3.02. The zero-order valence-corrected chi connectivity index (χ0v) is 15.3. The highest BCUT2D eigenvalue weighted by atomic mass is 16.6. The van der Waals surface area contributed by atoms with E-state index in [0.29, 0.717) is 11.9 Å². The normalized spacial score (nSPS) is 17.2. The topological polar surface area (TPSA) is 72.2 Å². The molecule has 6 nitrogen and oxygen atoms in total. The highest BCUT2D eigenvalue weighted by molar-refractivity contribution is 5.91. The zero-order valence-electron chi connectivity index (χ0n) is 15.3. The molecule has 0 bridgehead atoms. The predicted octanol–water partition coefficient (Wildman–Crippen LogP) is 4.97. The van der Waals surface area contributed by atoms with E-state index in [1.54, 1.807) is 12.1 Å². The van der Waals surface area contributed by atoms with Gasteiger partial charge in [0.25, 0.3) is 5.69 Å². The van der Waals surface area contributed by atoms with Crippen LogP contribution in [0.4, 0.5) is 11.5 Å². The molecule has 1 aliphatic heterocycles. The van der Waals surface area contributed by atoms with Gasteiger partial charge in [0.2, 0.25) is 0 Å². The average Bonchev–Trinajstić information content (AvgIpc) is 2.73. The lowest BCUT2D eigenvalue weighted by atomic mass is 9.99. The lowest BCUT2D eigenvalue weighted by Gasteiger charge is -2.37. The number of nitrogens with zero attached hydrogens (tertiary/aromatic N) is 4. The number of fused-ring (bicyclic) bond motifs is 1. The van der Waals surface area contributed by atoms with E-state index in [2.05, 4.69) is 17.9 Å². The quantitative estimate of drug-likeness (QED) is 0.484. The lowest BCUT2D eigenvalue weighted by molar-refractivity contribution is -0.384. The molecule has 27 heavy (non-hydrogen) atoms. The van der Waals surface area contributed by atoms with Gasteiger partial charge in [0.15, 0.2) is 5.82 Å². The smallest absolute Gasteiger partial charge is 0.269 e. The Bertz CT molecular complexity index is 972. The van der Waals surface area contributed by atoms with Gasteiger partial charge in [0.1, 0.15) is 5.82 Å². The van der Waals surface area contributed by atoms with Crippen LogP contribution in [-0.2, 0) is 0 Å². The molecule has 0 saturated carbocycles. The first kappa shape index (κ1) is 17.4. The van der Waals surface area contributed by atoms with Gasteiger partial charge in [-0.2, -0.15) is 0 Å². The summed E-state index contributed by atoms with van der Waals surface area (Å²) in [6.45, 7) is 3.23. The van der Waals surface area contributed by atoms with Gasteiger partial charge in [0, 0.05) is 35.7 Å². The van der Waals surface area contributed by atoms with Crippen LogP contribution >= 0.6 is 0 Å². The number of benzene rings is 2. The van der Waals surface area contributed by atoms with E-state index in [1.807, 2.05) is 18.2 Å². The molecule has 1 aliphatic rings. The molecule has 0 radical (unpaired) electrons. The second-order valence-corrected chi connectivity index (χ2v) is 6.94. The Kier molecular flexibility index (Phi) is 4.71.